The van der Waals surface area contributed by atoms with Crippen LogP contribution in [0.3, 0.4) is 0 Å². The van der Waals surface area contributed by atoms with Gasteiger partial charge < -0.3 is 9.80 Å². The Hall–Kier alpha value is -5.17. The highest BCUT2D eigenvalue weighted by Gasteiger charge is 2.60. The summed E-state index contributed by atoms with van der Waals surface area (Å²) in [4.78, 5) is 5.26. The third-order valence-electron chi connectivity index (χ3n) is 19.8. The second-order valence-corrected chi connectivity index (χ2v) is 37.2. The zero-order valence-corrected chi connectivity index (χ0v) is 48.7. The molecule has 5 aliphatic rings. The Morgan fingerprint density at radius 1 is 0.333 bits per heavy atom. The summed E-state index contributed by atoms with van der Waals surface area (Å²) < 4.78 is -0.0812. The van der Waals surface area contributed by atoms with Crippen LogP contribution in [0.5, 0.6) is 0 Å². The van der Waals surface area contributed by atoms with Crippen LogP contribution in [-0.4, -0.2) is 16.1 Å². The van der Waals surface area contributed by atoms with Gasteiger partial charge in [0.25, 0.3) is 0 Å². The Morgan fingerprint density at radius 2 is 0.667 bits per heavy atom. The lowest BCUT2D eigenvalue weighted by Crippen LogP contribution is -2.63. The van der Waals surface area contributed by atoms with Crippen molar-refractivity contribution in [2.24, 2.45) is 0 Å². The highest BCUT2D eigenvalue weighted by atomic mass is 28.4. The molecule has 2 nitrogen and oxygen atoms in total. The summed E-state index contributed by atoms with van der Waals surface area (Å²) in [5.41, 5.74) is 19.8. The van der Waals surface area contributed by atoms with Gasteiger partial charge in [0, 0.05) is 38.5 Å². The van der Waals surface area contributed by atoms with Crippen LogP contribution < -0.4 is 9.80 Å². The van der Waals surface area contributed by atoms with Crippen LogP contribution in [0.2, 0.25) is 39.3 Å². The quantitative estimate of drug-likeness (QED) is 0.113. The van der Waals surface area contributed by atoms with Gasteiger partial charge in [-0.25, -0.2) is 0 Å². The van der Waals surface area contributed by atoms with Gasteiger partial charge in [-0.15, -0.1) is 0 Å². The lowest BCUT2D eigenvalue weighted by Gasteiger charge is -2.51. The van der Waals surface area contributed by atoms with Crippen molar-refractivity contribution in [3.8, 4) is 11.1 Å². The molecule has 5 aliphatic carbocycles. The average molecular weight is 1020 g/mol. The first-order valence-corrected chi connectivity index (χ1v) is 37.2. The lowest BCUT2D eigenvalue weighted by molar-refractivity contribution is 0.443. The molecule has 4 saturated carbocycles. The van der Waals surface area contributed by atoms with Crippen molar-refractivity contribution in [2.45, 2.75) is 196 Å². The van der Waals surface area contributed by atoms with E-state index in [-0.39, 0.29) is 4.66 Å². The summed E-state index contributed by atoms with van der Waals surface area (Å²) in [6.07, 6.45) is 26.9. The summed E-state index contributed by atoms with van der Waals surface area (Å²) in [5, 5.41) is 2.71. The molecule has 75 heavy (non-hydrogen) atoms. The Bertz CT molecular complexity index is 2940. The van der Waals surface area contributed by atoms with Gasteiger partial charge in [-0.2, -0.15) is 0 Å². The standard InChI is InChI=1S/C71H86N2Si2/c1-74(2,3)71(75(4,5)6)67-49-63(72(59-39-31-55(32-40-59)51-21-11-7-12-22-51)60-41-33-56(34-42-60)52-23-13-8-14-24-52)47-48-66(67)70-65-30-20-19-29-64(65)69(50-68(70)71)73(61-43-35-57(36-44-61)53-25-15-9-16-26-53)62-45-37-58(38-46-62)54-27-17-10-18-28-54/h19-20,29-54H,7-18,21-28H2,1-6H3. The summed E-state index contributed by atoms with van der Waals surface area (Å²) in [6, 6.07) is 59.4. The Balaban J connectivity index is 1.04. The molecule has 12 rings (SSSR count). The number of hydrogen-bond donors (Lipinski definition) is 0. The zero-order valence-electron chi connectivity index (χ0n) is 46.7. The van der Waals surface area contributed by atoms with Gasteiger partial charge in [0.2, 0.25) is 0 Å². The van der Waals surface area contributed by atoms with E-state index in [1.54, 1.807) is 11.1 Å². The Labute approximate surface area is 454 Å². The molecule has 0 saturated heterocycles. The molecule has 388 valence electrons. The zero-order chi connectivity index (χ0) is 51.3. The number of hydrogen-bond acceptors (Lipinski definition) is 2. The minimum atomic E-state index is -2.11. The molecule has 0 atom stereocenters. The molecular weight excluding hydrogens is 937 g/mol. The molecule has 0 amide bonds. The van der Waals surface area contributed by atoms with Crippen molar-refractivity contribution < 1.29 is 0 Å². The van der Waals surface area contributed by atoms with Crippen molar-refractivity contribution in [1.29, 1.82) is 0 Å². The molecule has 0 N–H and O–H groups in total. The predicted molar refractivity (Wildman–Crippen MR) is 330 cm³/mol. The number of anilines is 6. The first-order valence-electron chi connectivity index (χ1n) is 30.2. The molecule has 0 heterocycles. The largest absolute Gasteiger partial charge is 0.310 e. The molecular formula is C71H86N2Si2. The van der Waals surface area contributed by atoms with Gasteiger partial charge >= 0.3 is 0 Å². The monoisotopic (exact) mass is 1020 g/mol. The predicted octanol–water partition coefficient (Wildman–Crippen LogP) is 22.0. The number of rotatable bonds is 12. The van der Waals surface area contributed by atoms with Gasteiger partial charge in [-0.3, -0.25) is 0 Å². The lowest BCUT2D eigenvalue weighted by atomic mass is 9.84. The maximum atomic E-state index is 2.74. The van der Waals surface area contributed by atoms with Gasteiger partial charge in [0.15, 0.2) is 0 Å². The first kappa shape index (κ1) is 50.6. The van der Waals surface area contributed by atoms with Gasteiger partial charge in [0.05, 0.1) is 21.8 Å². The number of fused-ring (bicyclic) bond motifs is 5. The van der Waals surface area contributed by atoms with Crippen LogP contribution in [0.1, 0.15) is 185 Å². The minimum absolute atomic E-state index is 0.0812. The van der Waals surface area contributed by atoms with E-state index >= 15 is 0 Å². The molecule has 0 unspecified atom stereocenters. The Morgan fingerprint density at radius 3 is 1.03 bits per heavy atom. The first-order chi connectivity index (χ1) is 36.5. The maximum Gasteiger partial charge on any atom is 0.0579 e. The topological polar surface area (TPSA) is 6.48 Å². The van der Waals surface area contributed by atoms with Crippen molar-refractivity contribution >= 4 is 61.0 Å². The summed E-state index contributed by atoms with van der Waals surface area (Å²) in [6.45, 7) is 16.2. The normalized spacial score (nSPS) is 19.0. The van der Waals surface area contributed by atoms with Gasteiger partial charge in [-0.05, 0) is 192 Å². The second kappa shape index (κ2) is 21.0. The molecule has 4 heteroatoms. The Kier molecular flexibility index (Phi) is 14.2. The van der Waals surface area contributed by atoms with Crippen molar-refractivity contribution in [3.63, 3.8) is 0 Å². The average Bonchev–Trinajstić information content (AvgIpc) is 3.79. The summed E-state index contributed by atoms with van der Waals surface area (Å²) >= 11 is 0. The van der Waals surface area contributed by atoms with Crippen molar-refractivity contribution in [3.05, 3.63) is 179 Å². The van der Waals surface area contributed by atoms with E-state index in [0.717, 1.165) is 0 Å². The number of benzene rings is 7. The third kappa shape index (κ3) is 9.40. The van der Waals surface area contributed by atoms with Crippen LogP contribution in [0.15, 0.2) is 146 Å². The van der Waals surface area contributed by atoms with E-state index in [1.807, 2.05) is 0 Å². The van der Waals surface area contributed by atoms with Crippen LogP contribution in [0.25, 0.3) is 21.9 Å². The van der Waals surface area contributed by atoms with Gasteiger partial charge in [-0.1, -0.05) is 195 Å². The molecule has 0 aliphatic heterocycles. The van der Waals surface area contributed by atoms with Crippen LogP contribution in [-0.2, 0) is 4.66 Å². The molecule has 7 aromatic carbocycles. The van der Waals surface area contributed by atoms with E-state index in [4.69, 9.17) is 0 Å². The van der Waals surface area contributed by atoms with E-state index < -0.39 is 16.1 Å². The fraction of sp³-hybridized carbons (Fsp3) is 0.437. The van der Waals surface area contributed by atoms with E-state index in [0.29, 0.717) is 23.7 Å². The fourth-order valence-corrected chi connectivity index (χ4v) is 29.5. The van der Waals surface area contributed by atoms with Crippen molar-refractivity contribution in [1.82, 2.24) is 0 Å². The SMILES string of the molecule is C[Si](C)(C)C1([Si](C)(C)C)c2cc(N(c3ccc(C4CCCCC4)cc3)c3ccc(C4CCCCC4)cc3)ccc2-c2c1cc(N(c1ccc(C3CCCCC3)cc1)c1ccc(C3CCCCC3)cc1)c1ccccc21. The van der Waals surface area contributed by atoms with E-state index in [9.17, 15) is 0 Å². The highest BCUT2D eigenvalue weighted by molar-refractivity contribution is 6.99. The molecule has 0 spiro atoms. The molecule has 0 bridgehead atoms. The van der Waals surface area contributed by atoms with Crippen LogP contribution >= 0.6 is 0 Å². The molecule has 0 radical (unpaired) electrons. The van der Waals surface area contributed by atoms with Crippen LogP contribution in [0, 0.1) is 0 Å². The molecule has 7 aromatic rings. The number of nitrogens with zero attached hydrogens (tertiary/aromatic N) is 2. The van der Waals surface area contributed by atoms with E-state index in [2.05, 4.69) is 195 Å². The highest BCUT2D eigenvalue weighted by Crippen LogP contribution is 2.62. The van der Waals surface area contributed by atoms with Gasteiger partial charge in [0.1, 0.15) is 0 Å². The fourth-order valence-electron chi connectivity index (χ4n) is 16.4. The third-order valence-corrected chi connectivity index (χ3v) is 29.8. The summed E-state index contributed by atoms with van der Waals surface area (Å²) in [5.74, 6) is 2.71. The smallest absolute Gasteiger partial charge is 0.0579 e. The molecule has 0 aromatic heterocycles. The second-order valence-electron chi connectivity index (χ2n) is 26.2. The molecule has 4 fully saturated rings. The van der Waals surface area contributed by atoms with E-state index in [1.165, 1.54) is 207 Å². The minimum Gasteiger partial charge on any atom is -0.310 e. The van der Waals surface area contributed by atoms with Crippen molar-refractivity contribution in [2.75, 3.05) is 9.80 Å². The van der Waals surface area contributed by atoms with Crippen LogP contribution in [0.4, 0.5) is 34.1 Å². The maximum absolute atomic E-state index is 2.74. The summed E-state index contributed by atoms with van der Waals surface area (Å²) in [7, 11) is -4.23.